The minimum atomic E-state index is -0.122. The van der Waals surface area contributed by atoms with E-state index >= 15 is 0 Å². The molecule has 1 aromatic carbocycles. The summed E-state index contributed by atoms with van der Waals surface area (Å²) in [4.78, 5) is 12.9. The molecule has 0 fully saturated rings. The summed E-state index contributed by atoms with van der Waals surface area (Å²) in [6.07, 6.45) is 0.775. The molecule has 0 amide bonds. The van der Waals surface area contributed by atoms with Gasteiger partial charge in [-0.3, -0.25) is 4.79 Å². The molecule has 0 heterocycles. The standard InChI is InChI=1S/C17H27NO2S/c1-6-15(16(19)20-7-2)21-14-10-8-13(9-11-14)12-18-17(3,4)5/h8-11,15,18H,6-7,12H2,1-5H3. The van der Waals surface area contributed by atoms with Crippen molar-refractivity contribution in [3.05, 3.63) is 29.8 Å². The van der Waals surface area contributed by atoms with Crippen molar-refractivity contribution in [1.29, 1.82) is 0 Å². The lowest BCUT2D eigenvalue weighted by Gasteiger charge is -2.20. The minimum absolute atomic E-state index is 0.116. The first kappa shape index (κ1) is 18.1. The summed E-state index contributed by atoms with van der Waals surface area (Å²) in [6.45, 7) is 11.6. The first-order chi connectivity index (χ1) is 9.85. The van der Waals surface area contributed by atoms with E-state index in [4.69, 9.17) is 4.74 Å². The molecule has 21 heavy (non-hydrogen) atoms. The van der Waals surface area contributed by atoms with Crippen LogP contribution in [0.25, 0.3) is 0 Å². The molecule has 0 aliphatic rings. The van der Waals surface area contributed by atoms with E-state index in [1.807, 2.05) is 13.8 Å². The van der Waals surface area contributed by atoms with Gasteiger partial charge in [-0.1, -0.05) is 19.1 Å². The third-order valence-corrected chi connectivity index (χ3v) is 4.30. The molecule has 1 atom stereocenters. The van der Waals surface area contributed by atoms with Crippen molar-refractivity contribution in [2.24, 2.45) is 0 Å². The van der Waals surface area contributed by atoms with E-state index in [2.05, 4.69) is 50.4 Å². The summed E-state index contributed by atoms with van der Waals surface area (Å²) < 4.78 is 5.10. The van der Waals surface area contributed by atoms with Gasteiger partial charge in [-0.2, -0.15) is 0 Å². The van der Waals surface area contributed by atoms with Gasteiger partial charge in [0, 0.05) is 17.0 Å². The maximum atomic E-state index is 11.8. The number of thioether (sulfide) groups is 1. The number of hydrogen-bond donors (Lipinski definition) is 1. The molecule has 3 nitrogen and oxygen atoms in total. The van der Waals surface area contributed by atoms with Gasteiger partial charge in [0.25, 0.3) is 0 Å². The zero-order valence-electron chi connectivity index (χ0n) is 13.7. The largest absolute Gasteiger partial charge is 0.465 e. The van der Waals surface area contributed by atoms with Crippen molar-refractivity contribution < 1.29 is 9.53 Å². The SMILES string of the molecule is CCOC(=O)C(CC)Sc1ccc(CNC(C)(C)C)cc1. The van der Waals surface area contributed by atoms with Gasteiger partial charge in [0.05, 0.1) is 6.61 Å². The highest BCUT2D eigenvalue weighted by Gasteiger charge is 2.18. The number of ether oxygens (including phenoxy) is 1. The summed E-state index contributed by atoms with van der Waals surface area (Å²) in [6, 6.07) is 8.37. The van der Waals surface area contributed by atoms with E-state index < -0.39 is 0 Å². The summed E-state index contributed by atoms with van der Waals surface area (Å²) >= 11 is 1.57. The maximum Gasteiger partial charge on any atom is 0.319 e. The number of nitrogens with one attached hydrogen (secondary N) is 1. The average molecular weight is 309 g/mol. The smallest absolute Gasteiger partial charge is 0.319 e. The molecule has 0 radical (unpaired) electrons. The summed E-state index contributed by atoms with van der Waals surface area (Å²) in [5, 5.41) is 3.34. The van der Waals surface area contributed by atoms with Crippen molar-refractivity contribution in [2.75, 3.05) is 6.61 Å². The zero-order valence-corrected chi connectivity index (χ0v) is 14.5. The van der Waals surface area contributed by atoms with Crippen molar-refractivity contribution >= 4 is 17.7 Å². The molecule has 0 saturated heterocycles. The molecule has 0 aromatic heterocycles. The van der Waals surface area contributed by atoms with E-state index in [1.165, 1.54) is 5.56 Å². The Balaban J connectivity index is 2.59. The van der Waals surface area contributed by atoms with E-state index in [-0.39, 0.29) is 16.8 Å². The van der Waals surface area contributed by atoms with Crippen LogP contribution in [0.4, 0.5) is 0 Å². The second-order valence-corrected chi connectivity index (χ2v) is 7.29. The summed E-state index contributed by atoms with van der Waals surface area (Å²) in [7, 11) is 0. The fraction of sp³-hybridized carbons (Fsp3) is 0.588. The fourth-order valence-corrected chi connectivity index (χ4v) is 2.70. The predicted molar refractivity (Wildman–Crippen MR) is 89.6 cm³/mol. The average Bonchev–Trinajstić information content (AvgIpc) is 2.43. The highest BCUT2D eigenvalue weighted by atomic mass is 32.2. The van der Waals surface area contributed by atoms with Gasteiger partial charge in [0.15, 0.2) is 0 Å². The number of esters is 1. The van der Waals surface area contributed by atoms with E-state index in [9.17, 15) is 4.79 Å². The van der Waals surface area contributed by atoms with Crippen LogP contribution in [-0.2, 0) is 16.1 Å². The highest BCUT2D eigenvalue weighted by molar-refractivity contribution is 8.00. The molecule has 4 heteroatoms. The zero-order chi connectivity index (χ0) is 15.9. The second kappa shape index (κ2) is 8.44. The first-order valence-corrected chi connectivity index (χ1v) is 8.41. The second-order valence-electron chi connectivity index (χ2n) is 6.01. The summed E-state index contributed by atoms with van der Waals surface area (Å²) in [5.74, 6) is -0.122. The van der Waals surface area contributed by atoms with Gasteiger partial charge in [0.2, 0.25) is 0 Å². The molecule has 0 spiro atoms. The molecule has 118 valence electrons. The Morgan fingerprint density at radius 1 is 1.24 bits per heavy atom. The molecule has 0 aliphatic carbocycles. The molecule has 1 N–H and O–H groups in total. The molecular weight excluding hydrogens is 282 g/mol. The molecule has 0 saturated carbocycles. The van der Waals surface area contributed by atoms with Crippen LogP contribution in [0.15, 0.2) is 29.2 Å². The van der Waals surface area contributed by atoms with Gasteiger partial charge in [-0.05, 0) is 51.8 Å². The van der Waals surface area contributed by atoms with Gasteiger partial charge in [-0.25, -0.2) is 0 Å². The fourth-order valence-electron chi connectivity index (χ4n) is 1.75. The van der Waals surface area contributed by atoms with Crippen LogP contribution < -0.4 is 5.32 Å². The van der Waals surface area contributed by atoms with Crippen LogP contribution in [0.1, 0.15) is 46.6 Å². The third-order valence-electron chi connectivity index (χ3n) is 2.94. The Labute approximate surface area is 132 Å². The molecule has 0 bridgehead atoms. The lowest BCUT2D eigenvalue weighted by molar-refractivity contribution is -0.142. The van der Waals surface area contributed by atoms with Gasteiger partial charge in [0.1, 0.15) is 5.25 Å². The molecule has 1 unspecified atom stereocenters. The Kier molecular flexibility index (Phi) is 7.26. The summed E-state index contributed by atoms with van der Waals surface area (Å²) in [5.41, 5.74) is 1.36. The first-order valence-electron chi connectivity index (χ1n) is 7.53. The topological polar surface area (TPSA) is 38.3 Å². The highest BCUT2D eigenvalue weighted by Crippen LogP contribution is 2.26. The van der Waals surface area contributed by atoms with E-state index in [1.54, 1.807) is 11.8 Å². The number of benzene rings is 1. The van der Waals surface area contributed by atoms with Crippen molar-refractivity contribution in [2.45, 2.75) is 63.3 Å². The van der Waals surface area contributed by atoms with Crippen molar-refractivity contribution in [3.8, 4) is 0 Å². The van der Waals surface area contributed by atoms with Crippen LogP contribution >= 0.6 is 11.8 Å². The Morgan fingerprint density at radius 3 is 2.33 bits per heavy atom. The Morgan fingerprint density at radius 2 is 1.86 bits per heavy atom. The normalized spacial score (nSPS) is 13.0. The lowest BCUT2D eigenvalue weighted by atomic mass is 10.1. The lowest BCUT2D eigenvalue weighted by Crippen LogP contribution is -2.35. The minimum Gasteiger partial charge on any atom is -0.465 e. The van der Waals surface area contributed by atoms with Gasteiger partial charge < -0.3 is 10.1 Å². The number of carbonyl (C=O) groups is 1. The number of hydrogen-bond acceptors (Lipinski definition) is 4. The maximum absolute atomic E-state index is 11.8. The van der Waals surface area contributed by atoms with Crippen LogP contribution in [0.3, 0.4) is 0 Å². The van der Waals surface area contributed by atoms with Crippen LogP contribution in [-0.4, -0.2) is 23.4 Å². The van der Waals surface area contributed by atoms with Crippen LogP contribution in [0.2, 0.25) is 0 Å². The van der Waals surface area contributed by atoms with Crippen LogP contribution in [0.5, 0.6) is 0 Å². The number of rotatable bonds is 7. The monoisotopic (exact) mass is 309 g/mol. The molecule has 1 aromatic rings. The third kappa shape index (κ3) is 7.00. The van der Waals surface area contributed by atoms with Gasteiger partial charge in [-0.15, -0.1) is 11.8 Å². The Hall–Kier alpha value is -1.00. The van der Waals surface area contributed by atoms with Crippen molar-refractivity contribution in [3.63, 3.8) is 0 Å². The van der Waals surface area contributed by atoms with E-state index in [0.717, 1.165) is 17.9 Å². The predicted octanol–water partition coefficient (Wildman–Crippen LogP) is 4.01. The van der Waals surface area contributed by atoms with Crippen LogP contribution in [0, 0.1) is 0 Å². The van der Waals surface area contributed by atoms with Crippen molar-refractivity contribution in [1.82, 2.24) is 5.32 Å². The molecular formula is C17H27NO2S. The van der Waals surface area contributed by atoms with E-state index in [0.29, 0.717) is 6.61 Å². The molecule has 1 rings (SSSR count). The molecule has 0 aliphatic heterocycles. The Bertz CT molecular complexity index is 437. The number of carbonyl (C=O) groups excluding carboxylic acids is 1. The van der Waals surface area contributed by atoms with Gasteiger partial charge >= 0.3 is 5.97 Å². The quantitative estimate of drug-likeness (QED) is 0.610.